The molecule has 2 aromatic heterocycles. The number of carbonyl (C=O) groups excluding carboxylic acids is 1. The van der Waals surface area contributed by atoms with Gasteiger partial charge in [-0.25, -0.2) is 18.1 Å². The van der Waals surface area contributed by atoms with Gasteiger partial charge in [-0.05, 0) is 42.5 Å². The Bertz CT molecular complexity index is 1080. The molecule has 0 bridgehead atoms. The Morgan fingerprint density at radius 3 is 2.86 bits per heavy atom. The summed E-state index contributed by atoms with van der Waals surface area (Å²) in [4.78, 5) is 18.1. The molecule has 0 fully saturated rings. The molecular weight excluding hydrogens is 408 g/mol. The molecule has 0 radical (unpaired) electrons. The van der Waals surface area contributed by atoms with Crippen molar-refractivity contribution in [1.82, 2.24) is 19.6 Å². The van der Waals surface area contributed by atoms with Crippen molar-refractivity contribution in [3.63, 3.8) is 0 Å². The van der Waals surface area contributed by atoms with Gasteiger partial charge in [-0.3, -0.25) is 4.79 Å². The lowest BCUT2D eigenvalue weighted by molar-refractivity contribution is 0.0950. The normalized spacial score (nSPS) is 13.8. The largest absolute Gasteiger partial charge is 0.346 e. The second kappa shape index (κ2) is 8.48. The van der Waals surface area contributed by atoms with Gasteiger partial charge in [0.1, 0.15) is 5.82 Å². The molecule has 1 aliphatic rings. The summed E-state index contributed by atoms with van der Waals surface area (Å²) >= 11 is 1.48. The summed E-state index contributed by atoms with van der Waals surface area (Å²) in [7, 11) is -3.70. The van der Waals surface area contributed by atoms with Crippen LogP contribution in [0.5, 0.6) is 0 Å². The third kappa shape index (κ3) is 4.75. The van der Waals surface area contributed by atoms with Crippen molar-refractivity contribution in [3.05, 3.63) is 69.9 Å². The van der Waals surface area contributed by atoms with Crippen LogP contribution < -0.4 is 10.0 Å². The van der Waals surface area contributed by atoms with Crippen molar-refractivity contribution in [2.75, 3.05) is 0 Å². The Morgan fingerprint density at radius 1 is 1.17 bits per heavy atom. The molecule has 0 unspecified atom stereocenters. The lowest BCUT2D eigenvalue weighted by Crippen LogP contribution is -2.25. The summed E-state index contributed by atoms with van der Waals surface area (Å²) in [5.74, 6) is 0.733. The molecule has 0 saturated carbocycles. The minimum atomic E-state index is -3.70. The number of nitrogens with one attached hydrogen (secondary N) is 2. The molecule has 152 valence electrons. The fraction of sp³-hybridized carbons (Fsp3) is 0.300. The first-order valence-electron chi connectivity index (χ1n) is 9.46. The molecule has 3 aromatic rings. The van der Waals surface area contributed by atoms with Gasteiger partial charge in [0, 0.05) is 36.1 Å². The van der Waals surface area contributed by atoms with Gasteiger partial charge < -0.3 is 9.88 Å². The van der Waals surface area contributed by atoms with Crippen molar-refractivity contribution >= 4 is 27.3 Å². The average Bonchev–Trinajstić information content (AvgIpc) is 3.40. The number of nitrogens with zero attached hydrogens (tertiary/aromatic N) is 2. The molecule has 29 heavy (non-hydrogen) atoms. The Morgan fingerprint density at radius 2 is 2.07 bits per heavy atom. The minimum absolute atomic E-state index is 0.0687. The molecule has 3 heterocycles. The summed E-state index contributed by atoms with van der Waals surface area (Å²) < 4.78 is 29.8. The standard InChI is InChI=1S/C20H22N4O3S2/c25-20(21-12-16-14-24-9-2-1-8-19(24)23-16)15-5-3-7-18(11-15)29(26,27)22-13-17-6-4-10-28-17/h3-7,10-11,14,22H,1-2,8-9,12-13H2,(H,21,25). The van der Waals surface area contributed by atoms with Gasteiger partial charge >= 0.3 is 0 Å². The maximum absolute atomic E-state index is 12.5. The third-order valence-corrected chi connectivity index (χ3v) is 7.09. The monoisotopic (exact) mass is 430 g/mol. The fourth-order valence-corrected chi connectivity index (χ4v) is 5.08. The summed E-state index contributed by atoms with van der Waals surface area (Å²) in [5, 5.41) is 4.72. The Hall–Kier alpha value is -2.49. The van der Waals surface area contributed by atoms with Crippen LogP contribution >= 0.6 is 11.3 Å². The third-order valence-electron chi connectivity index (χ3n) is 4.81. The molecule has 1 aliphatic heterocycles. The van der Waals surface area contributed by atoms with Gasteiger partial charge in [0.25, 0.3) is 5.91 Å². The number of aryl methyl sites for hydroxylation is 2. The number of aromatic nitrogens is 2. The Balaban J connectivity index is 1.40. The van der Waals surface area contributed by atoms with Crippen molar-refractivity contribution in [3.8, 4) is 0 Å². The van der Waals surface area contributed by atoms with Crippen molar-refractivity contribution in [2.45, 2.75) is 43.8 Å². The molecule has 9 heteroatoms. The first kappa shape index (κ1) is 19.8. The molecule has 2 N–H and O–H groups in total. The molecule has 0 spiro atoms. The number of benzene rings is 1. The zero-order valence-corrected chi connectivity index (χ0v) is 17.4. The number of carbonyl (C=O) groups is 1. The van der Waals surface area contributed by atoms with E-state index in [-0.39, 0.29) is 17.3 Å². The number of fused-ring (bicyclic) bond motifs is 1. The van der Waals surface area contributed by atoms with Crippen LogP contribution in [0.25, 0.3) is 0 Å². The molecule has 1 aromatic carbocycles. The van der Waals surface area contributed by atoms with Crippen LogP contribution in [-0.4, -0.2) is 23.9 Å². The second-order valence-corrected chi connectivity index (χ2v) is 9.71. The van der Waals surface area contributed by atoms with Crippen LogP contribution in [0, 0.1) is 0 Å². The van der Waals surface area contributed by atoms with Gasteiger partial charge in [-0.2, -0.15) is 0 Å². The van der Waals surface area contributed by atoms with E-state index in [4.69, 9.17) is 0 Å². The summed E-state index contributed by atoms with van der Waals surface area (Å²) in [5.41, 5.74) is 1.12. The maximum Gasteiger partial charge on any atom is 0.251 e. The predicted octanol–water partition coefficient (Wildman–Crippen LogP) is 2.69. The summed E-state index contributed by atoms with van der Waals surface area (Å²) in [6, 6.07) is 9.79. The van der Waals surface area contributed by atoms with E-state index >= 15 is 0 Å². The molecule has 0 saturated heterocycles. The smallest absolute Gasteiger partial charge is 0.251 e. The first-order valence-corrected chi connectivity index (χ1v) is 11.8. The number of hydrogen-bond acceptors (Lipinski definition) is 5. The van der Waals surface area contributed by atoms with Crippen molar-refractivity contribution < 1.29 is 13.2 Å². The SMILES string of the molecule is O=C(NCc1cn2c(n1)CCCC2)c1cccc(S(=O)(=O)NCc2cccs2)c1. The highest BCUT2D eigenvalue weighted by Crippen LogP contribution is 2.16. The van der Waals surface area contributed by atoms with E-state index in [1.165, 1.54) is 23.5 Å². The molecule has 0 aliphatic carbocycles. The molecule has 1 amide bonds. The Kier molecular flexibility index (Phi) is 5.79. The number of sulfonamides is 1. The zero-order chi connectivity index (χ0) is 20.3. The second-order valence-electron chi connectivity index (χ2n) is 6.91. The van der Waals surface area contributed by atoms with E-state index in [0.29, 0.717) is 12.1 Å². The van der Waals surface area contributed by atoms with Crippen LogP contribution in [0.15, 0.2) is 52.9 Å². The summed E-state index contributed by atoms with van der Waals surface area (Å²) in [6.07, 6.45) is 5.23. The molecular formula is C20H22N4O3S2. The van der Waals surface area contributed by atoms with Gasteiger partial charge in [0.2, 0.25) is 10.0 Å². The number of amides is 1. The van der Waals surface area contributed by atoms with Crippen LogP contribution in [0.1, 0.15) is 39.6 Å². The van der Waals surface area contributed by atoms with Crippen molar-refractivity contribution in [2.24, 2.45) is 0 Å². The average molecular weight is 431 g/mol. The lowest BCUT2D eigenvalue weighted by atomic mass is 10.2. The molecule has 4 rings (SSSR count). The summed E-state index contributed by atoms with van der Waals surface area (Å²) in [6.45, 7) is 1.50. The van der Waals surface area contributed by atoms with E-state index < -0.39 is 10.0 Å². The number of imidazole rings is 1. The topological polar surface area (TPSA) is 93.1 Å². The van der Waals surface area contributed by atoms with E-state index in [1.807, 2.05) is 23.7 Å². The number of rotatable bonds is 7. The van der Waals surface area contributed by atoms with Crippen LogP contribution in [0.3, 0.4) is 0 Å². The quantitative estimate of drug-likeness (QED) is 0.603. The molecule has 7 nitrogen and oxygen atoms in total. The Labute approximate surface area is 173 Å². The van der Waals surface area contributed by atoms with Gasteiger partial charge in [-0.15, -0.1) is 11.3 Å². The van der Waals surface area contributed by atoms with Crippen molar-refractivity contribution in [1.29, 1.82) is 0 Å². The van der Waals surface area contributed by atoms with E-state index in [1.54, 1.807) is 12.1 Å². The van der Waals surface area contributed by atoms with Gasteiger partial charge in [0.05, 0.1) is 17.1 Å². The van der Waals surface area contributed by atoms with E-state index in [0.717, 1.165) is 42.2 Å². The van der Waals surface area contributed by atoms with Crippen LogP contribution in [0.2, 0.25) is 0 Å². The van der Waals surface area contributed by atoms with Gasteiger partial charge in [-0.1, -0.05) is 12.1 Å². The van der Waals surface area contributed by atoms with Crippen LogP contribution in [-0.2, 0) is 36.1 Å². The maximum atomic E-state index is 12.5. The van der Waals surface area contributed by atoms with E-state index in [9.17, 15) is 13.2 Å². The minimum Gasteiger partial charge on any atom is -0.346 e. The first-order chi connectivity index (χ1) is 14.0. The van der Waals surface area contributed by atoms with E-state index in [2.05, 4.69) is 19.6 Å². The zero-order valence-electron chi connectivity index (χ0n) is 15.8. The highest BCUT2D eigenvalue weighted by molar-refractivity contribution is 7.89. The lowest BCUT2D eigenvalue weighted by Gasteiger charge is -2.11. The van der Waals surface area contributed by atoms with Gasteiger partial charge in [0.15, 0.2) is 0 Å². The highest BCUT2D eigenvalue weighted by atomic mass is 32.2. The fourth-order valence-electron chi connectivity index (χ4n) is 3.30. The van der Waals surface area contributed by atoms with Crippen LogP contribution in [0.4, 0.5) is 0 Å². The predicted molar refractivity (Wildman–Crippen MR) is 111 cm³/mol. The highest BCUT2D eigenvalue weighted by Gasteiger charge is 2.17. The number of thiophene rings is 1. The molecule has 0 atom stereocenters. The number of hydrogen-bond donors (Lipinski definition) is 2.